The average molecular weight is 290 g/mol. The van der Waals surface area contributed by atoms with E-state index in [1.807, 2.05) is 6.92 Å². The van der Waals surface area contributed by atoms with E-state index in [1.54, 1.807) is 11.6 Å². The second-order valence-electron chi connectivity index (χ2n) is 4.03. The van der Waals surface area contributed by atoms with Gasteiger partial charge in [0.25, 0.3) is 11.5 Å². The zero-order valence-corrected chi connectivity index (χ0v) is 11.3. The molecule has 102 valence electrons. The van der Waals surface area contributed by atoms with Gasteiger partial charge in [0, 0.05) is 17.8 Å². The van der Waals surface area contributed by atoms with Gasteiger partial charge in [-0.1, -0.05) is 0 Å². The van der Waals surface area contributed by atoms with E-state index < -0.39 is 0 Å². The zero-order valence-electron chi connectivity index (χ0n) is 10.5. The molecule has 3 heterocycles. The van der Waals surface area contributed by atoms with Crippen LogP contribution in [0.1, 0.15) is 21.3 Å². The molecule has 20 heavy (non-hydrogen) atoms. The lowest BCUT2D eigenvalue weighted by atomic mass is 10.4. The number of aromatic amines is 1. The van der Waals surface area contributed by atoms with Crippen molar-refractivity contribution in [1.82, 2.24) is 29.9 Å². The lowest BCUT2D eigenvalue weighted by Crippen LogP contribution is -2.24. The lowest BCUT2D eigenvalue weighted by molar-refractivity contribution is 0.0945. The third-order valence-electron chi connectivity index (χ3n) is 2.67. The Hall–Kier alpha value is -2.55. The van der Waals surface area contributed by atoms with Crippen LogP contribution in [-0.2, 0) is 6.54 Å². The van der Waals surface area contributed by atoms with Crippen LogP contribution in [0.5, 0.6) is 0 Å². The average Bonchev–Trinajstić information content (AvgIpc) is 3.03. The van der Waals surface area contributed by atoms with Crippen LogP contribution in [0, 0.1) is 6.92 Å². The van der Waals surface area contributed by atoms with E-state index in [-0.39, 0.29) is 23.7 Å². The molecule has 0 saturated heterocycles. The van der Waals surface area contributed by atoms with Crippen molar-refractivity contribution in [3.05, 3.63) is 44.7 Å². The predicted molar refractivity (Wildman–Crippen MR) is 71.6 cm³/mol. The van der Waals surface area contributed by atoms with Gasteiger partial charge in [0.05, 0.1) is 11.6 Å². The number of H-pyrrole nitrogens is 1. The molecule has 0 radical (unpaired) electrons. The highest BCUT2D eigenvalue weighted by Gasteiger charge is 2.12. The molecule has 3 aromatic rings. The molecule has 0 aliphatic heterocycles. The van der Waals surface area contributed by atoms with Crippen molar-refractivity contribution < 1.29 is 4.79 Å². The molecule has 0 aromatic carbocycles. The summed E-state index contributed by atoms with van der Waals surface area (Å²) < 4.78 is 1.53. The van der Waals surface area contributed by atoms with E-state index in [0.29, 0.717) is 11.5 Å². The van der Waals surface area contributed by atoms with Crippen molar-refractivity contribution in [2.45, 2.75) is 13.5 Å². The predicted octanol–water partition coefficient (Wildman–Crippen LogP) is 0.113. The van der Waals surface area contributed by atoms with Gasteiger partial charge in [-0.15, -0.1) is 21.5 Å². The molecule has 0 saturated carbocycles. The maximum Gasteiger partial charge on any atom is 0.293 e. The van der Waals surface area contributed by atoms with E-state index in [0.717, 1.165) is 5.01 Å². The quantitative estimate of drug-likeness (QED) is 0.712. The monoisotopic (exact) mass is 290 g/mol. The number of fused-ring (bicyclic) bond motifs is 1. The maximum atomic E-state index is 11.9. The van der Waals surface area contributed by atoms with E-state index in [1.165, 1.54) is 21.9 Å². The molecule has 8 nitrogen and oxygen atoms in total. The standard InChI is InChI=1S/C11H10N6O2S/c1-6-14-7(5-20-6)10(18)13-4-8-15-16-9-11(19)12-2-3-17(8)9/h2-3,5H,4H2,1H3,(H,12,19)(H,13,18). The topological polar surface area (TPSA) is 105 Å². The first-order chi connectivity index (χ1) is 9.65. The second kappa shape index (κ2) is 4.85. The summed E-state index contributed by atoms with van der Waals surface area (Å²) in [6, 6.07) is 0. The fourth-order valence-corrected chi connectivity index (χ4v) is 2.32. The number of hydrogen-bond donors (Lipinski definition) is 2. The Morgan fingerprint density at radius 2 is 2.35 bits per heavy atom. The molecule has 0 unspecified atom stereocenters. The second-order valence-corrected chi connectivity index (χ2v) is 5.10. The molecule has 0 spiro atoms. The van der Waals surface area contributed by atoms with Crippen LogP contribution in [0.15, 0.2) is 22.6 Å². The molecule has 1 amide bonds. The zero-order chi connectivity index (χ0) is 14.1. The van der Waals surface area contributed by atoms with Crippen molar-refractivity contribution in [3.63, 3.8) is 0 Å². The highest BCUT2D eigenvalue weighted by Crippen LogP contribution is 2.07. The summed E-state index contributed by atoms with van der Waals surface area (Å²) >= 11 is 1.41. The van der Waals surface area contributed by atoms with Crippen molar-refractivity contribution in [2.24, 2.45) is 0 Å². The fraction of sp³-hybridized carbons (Fsp3) is 0.182. The number of nitrogens with zero attached hydrogens (tertiary/aromatic N) is 4. The smallest absolute Gasteiger partial charge is 0.293 e. The van der Waals surface area contributed by atoms with E-state index in [9.17, 15) is 9.59 Å². The molecule has 0 aliphatic carbocycles. The van der Waals surface area contributed by atoms with Crippen LogP contribution in [-0.4, -0.2) is 30.5 Å². The van der Waals surface area contributed by atoms with Gasteiger partial charge in [0.1, 0.15) is 5.69 Å². The maximum absolute atomic E-state index is 11.9. The van der Waals surface area contributed by atoms with Crippen LogP contribution in [0.25, 0.3) is 5.65 Å². The number of amides is 1. The largest absolute Gasteiger partial charge is 0.343 e. The fourth-order valence-electron chi connectivity index (χ4n) is 1.73. The van der Waals surface area contributed by atoms with E-state index in [4.69, 9.17) is 0 Å². The SMILES string of the molecule is Cc1nc(C(=O)NCc2nnc3c(=O)[nH]ccn23)cs1. The Morgan fingerprint density at radius 3 is 3.10 bits per heavy atom. The minimum absolute atomic E-state index is 0.167. The minimum atomic E-state index is -0.326. The summed E-state index contributed by atoms with van der Waals surface area (Å²) in [5.74, 6) is 0.197. The number of nitrogens with one attached hydrogen (secondary N) is 2. The Kier molecular flexibility index (Phi) is 3.03. The van der Waals surface area contributed by atoms with E-state index >= 15 is 0 Å². The van der Waals surface area contributed by atoms with Crippen LogP contribution >= 0.6 is 11.3 Å². The highest BCUT2D eigenvalue weighted by atomic mass is 32.1. The molecule has 3 aromatic heterocycles. The third kappa shape index (κ3) is 2.18. The van der Waals surface area contributed by atoms with Gasteiger partial charge in [-0.05, 0) is 6.92 Å². The number of aryl methyl sites for hydroxylation is 1. The number of carbonyl (C=O) groups is 1. The molecular formula is C11H10N6O2S. The molecule has 0 bridgehead atoms. The first-order valence-corrected chi connectivity index (χ1v) is 6.65. The Labute approximate surface area is 116 Å². The number of rotatable bonds is 3. The number of aromatic nitrogens is 5. The minimum Gasteiger partial charge on any atom is -0.343 e. The van der Waals surface area contributed by atoms with Gasteiger partial charge in [0.15, 0.2) is 5.82 Å². The summed E-state index contributed by atoms with van der Waals surface area (Å²) in [5, 5.41) is 12.9. The Balaban J connectivity index is 1.79. The normalized spacial score (nSPS) is 10.8. The first-order valence-electron chi connectivity index (χ1n) is 5.77. The Morgan fingerprint density at radius 1 is 1.50 bits per heavy atom. The molecule has 0 atom stereocenters. The van der Waals surface area contributed by atoms with Crippen molar-refractivity contribution in [2.75, 3.05) is 0 Å². The summed E-state index contributed by atoms with van der Waals surface area (Å²) in [6.45, 7) is 2.00. The lowest BCUT2D eigenvalue weighted by Gasteiger charge is -2.01. The van der Waals surface area contributed by atoms with Crippen LogP contribution < -0.4 is 10.9 Å². The van der Waals surface area contributed by atoms with Gasteiger partial charge in [-0.2, -0.15) is 0 Å². The molecule has 0 aliphatic rings. The van der Waals surface area contributed by atoms with Crippen LogP contribution in [0.2, 0.25) is 0 Å². The van der Waals surface area contributed by atoms with Crippen molar-refractivity contribution in [1.29, 1.82) is 0 Å². The summed E-state index contributed by atoms with van der Waals surface area (Å²) in [7, 11) is 0. The molecule has 2 N–H and O–H groups in total. The number of hydrogen-bond acceptors (Lipinski definition) is 6. The van der Waals surface area contributed by atoms with Gasteiger partial charge in [-0.25, -0.2) is 4.98 Å². The van der Waals surface area contributed by atoms with Crippen molar-refractivity contribution in [3.8, 4) is 0 Å². The van der Waals surface area contributed by atoms with Gasteiger partial charge < -0.3 is 10.3 Å². The number of thiazole rings is 1. The summed E-state index contributed by atoms with van der Waals surface area (Å²) in [5.41, 5.74) is 0.244. The summed E-state index contributed by atoms with van der Waals surface area (Å²) in [4.78, 5) is 29.9. The van der Waals surface area contributed by atoms with Gasteiger partial charge in [0.2, 0.25) is 5.65 Å². The highest BCUT2D eigenvalue weighted by molar-refractivity contribution is 7.09. The molecule has 0 fully saturated rings. The van der Waals surface area contributed by atoms with Gasteiger partial charge in [-0.3, -0.25) is 14.0 Å². The molecule has 9 heteroatoms. The van der Waals surface area contributed by atoms with Crippen LogP contribution in [0.4, 0.5) is 0 Å². The third-order valence-corrected chi connectivity index (χ3v) is 3.44. The number of carbonyl (C=O) groups excluding carboxylic acids is 1. The Bertz CT molecular complexity index is 833. The summed E-state index contributed by atoms with van der Waals surface area (Å²) in [6.07, 6.45) is 3.12. The molecule has 3 rings (SSSR count). The first kappa shape index (κ1) is 12.5. The van der Waals surface area contributed by atoms with Crippen molar-refractivity contribution >= 4 is 22.9 Å². The van der Waals surface area contributed by atoms with Crippen LogP contribution in [0.3, 0.4) is 0 Å². The van der Waals surface area contributed by atoms with Gasteiger partial charge >= 0.3 is 0 Å². The van der Waals surface area contributed by atoms with E-state index in [2.05, 4.69) is 25.5 Å². The molecular weight excluding hydrogens is 280 g/mol.